The number of rotatable bonds is 3. The Morgan fingerprint density at radius 3 is 2.43 bits per heavy atom. The monoisotopic (exact) mass is 314 g/mol. The van der Waals surface area contributed by atoms with E-state index in [0.29, 0.717) is 19.0 Å². The third-order valence-electron chi connectivity index (χ3n) is 5.27. The average molecular weight is 314 g/mol. The lowest BCUT2D eigenvalue weighted by molar-refractivity contribution is -0.130. The van der Waals surface area contributed by atoms with Crippen molar-refractivity contribution in [2.45, 2.75) is 58.4 Å². The molecular weight excluding hydrogens is 288 g/mol. The predicted octanol–water partition coefficient (Wildman–Crippen LogP) is 3.42. The number of carbonyl (C=O) groups is 2. The number of para-hydroxylation sites is 1. The Morgan fingerprint density at radius 2 is 1.78 bits per heavy atom. The Bertz CT molecular complexity index is 585. The molecule has 1 aliphatic carbocycles. The minimum Gasteiger partial charge on any atom is -0.339 e. The zero-order chi connectivity index (χ0) is 16.4. The number of nitrogens with zero attached hydrogens (tertiary/aromatic N) is 1. The minimum absolute atomic E-state index is 0.0194. The average Bonchev–Trinajstić information content (AvgIpc) is 2.94. The van der Waals surface area contributed by atoms with Crippen LogP contribution in [-0.2, 0) is 9.59 Å². The predicted molar refractivity (Wildman–Crippen MR) is 91.2 cm³/mol. The highest BCUT2D eigenvalue weighted by Gasteiger charge is 2.38. The van der Waals surface area contributed by atoms with Gasteiger partial charge in [0.05, 0.1) is 5.92 Å². The van der Waals surface area contributed by atoms with Crippen LogP contribution in [0.5, 0.6) is 0 Å². The van der Waals surface area contributed by atoms with E-state index in [1.54, 1.807) is 0 Å². The first-order valence-electron chi connectivity index (χ1n) is 8.73. The number of hydrogen-bond acceptors (Lipinski definition) is 2. The highest BCUT2D eigenvalue weighted by atomic mass is 16.2. The van der Waals surface area contributed by atoms with Gasteiger partial charge in [0.15, 0.2) is 0 Å². The first-order chi connectivity index (χ1) is 11.1. The van der Waals surface area contributed by atoms with Crippen molar-refractivity contribution < 1.29 is 9.59 Å². The highest BCUT2D eigenvalue weighted by Crippen LogP contribution is 2.29. The van der Waals surface area contributed by atoms with Crippen molar-refractivity contribution in [1.82, 2.24) is 4.90 Å². The Hall–Kier alpha value is -1.84. The van der Waals surface area contributed by atoms with Gasteiger partial charge in [0, 0.05) is 24.7 Å². The molecule has 0 spiro atoms. The lowest BCUT2D eigenvalue weighted by atomic mass is 9.94. The topological polar surface area (TPSA) is 49.4 Å². The molecule has 0 bridgehead atoms. The summed E-state index contributed by atoms with van der Waals surface area (Å²) >= 11 is 0. The number of benzene rings is 1. The summed E-state index contributed by atoms with van der Waals surface area (Å²) in [5.41, 5.74) is 3.01. The minimum atomic E-state index is -0.219. The summed E-state index contributed by atoms with van der Waals surface area (Å²) in [7, 11) is 0. The molecule has 2 aliphatic rings. The molecule has 4 heteroatoms. The third kappa shape index (κ3) is 3.41. The van der Waals surface area contributed by atoms with Crippen LogP contribution in [0.25, 0.3) is 0 Å². The van der Waals surface area contributed by atoms with Crippen LogP contribution in [0.4, 0.5) is 5.69 Å². The number of aryl methyl sites for hydroxylation is 2. The van der Waals surface area contributed by atoms with Crippen molar-refractivity contribution >= 4 is 17.5 Å². The number of nitrogens with one attached hydrogen (secondary N) is 1. The quantitative estimate of drug-likeness (QED) is 0.929. The van der Waals surface area contributed by atoms with Crippen molar-refractivity contribution in [3.05, 3.63) is 29.3 Å². The van der Waals surface area contributed by atoms with Gasteiger partial charge in [-0.1, -0.05) is 37.5 Å². The van der Waals surface area contributed by atoms with Crippen LogP contribution in [0.3, 0.4) is 0 Å². The summed E-state index contributed by atoms with van der Waals surface area (Å²) in [4.78, 5) is 26.9. The van der Waals surface area contributed by atoms with E-state index in [-0.39, 0.29) is 17.7 Å². The molecule has 1 aromatic carbocycles. The fourth-order valence-electron chi connectivity index (χ4n) is 3.89. The SMILES string of the molecule is Cc1cccc(C)c1NC(=O)[C@H]1CC(=O)N(C2CCCCC2)C1. The first-order valence-corrected chi connectivity index (χ1v) is 8.73. The standard InChI is InChI=1S/C19H26N2O2/c1-13-7-6-8-14(2)18(13)20-19(23)15-11-17(22)21(12-15)16-9-4-3-5-10-16/h6-8,15-16H,3-5,9-12H2,1-2H3,(H,20,23)/t15-/m0/s1. The van der Waals surface area contributed by atoms with Crippen LogP contribution in [0.2, 0.25) is 0 Å². The number of carbonyl (C=O) groups excluding carboxylic acids is 2. The van der Waals surface area contributed by atoms with Gasteiger partial charge in [0.1, 0.15) is 0 Å². The van der Waals surface area contributed by atoms with E-state index in [4.69, 9.17) is 0 Å². The Balaban J connectivity index is 1.66. The smallest absolute Gasteiger partial charge is 0.229 e. The molecule has 1 saturated heterocycles. The molecule has 3 rings (SSSR count). The molecule has 1 atom stereocenters. The van der Waals surface area contributed by atoms with Crippen molar-refractivity contribution in [2.75, 3.05) is 11.9 Å². The van der Waals surface area contributed by atoms with Crippen LogP contribution < -0.4 is 5.32 Å². The fraction of sp³-hybridized carbons (Fsp3) is 0.579. The van der Waals surface area contributed by atoms with Gasteiger partial charge in [-0.3, -0.25) is 9.59 Å². The van der Waals surface area contributed by atoms with Gasteiger partial charge >= 0.3 is 0 Å². The zero-order valence-electron chi connectivity index (χ0n) is 14.1. The molecule has 0 radical (unpaired) electrons. The lowest BCUT2D eigenvalue weighted by Crippen LogP contribution is -2.38. The maximum Gasteiger partial charge on any atom is 0.229 e. The Morgan fingerprint density at radius 1 is 1.13 bits per heavy atom. The van der Waals surface area contributed by atoms with Crippen molar-refractivity contribution in [1.29, 1.82) is 0 Å². The van der Waals surface area contributed by atoms with Crippen LogP contribution >= 0.6 is 0 Å². The van der Waals surface area contributed by atoms with Gasteiger partial charge in [-0.05, 0) is 37.8 Å². The summed E-state index contributed by atoms with van der Waals surface area (Å²) < 4.78 is 0. The number of likely N-dealkylation sites (tertiary alicyclic amines) is 1. The molecule has 0 aromatic heterocycles. The zero-order valence-corrected chi connectivity index (χ0v) is 14.1. The Kier molecular flexibility index (Phi) is 4.69. The second-order valence-corrected chi connectivity index (χ2v) is 7.00. The fourth-order valence-corrected chi connectivity index (χ4v) is 3.89. The second kappa shape index (κ2) is 6.73. The van der Waals surface area contributed by atoms with Crippen LogP contribution in [0, 0.1) is 19.8 Å². The van der Waals surface area contributed by atoms with E-state index in [2.05, 4.69) is 5.32 Å². The molecule has 1 saturated carbocycles. The maximum absolute atomic E-state index is 12.6. The highest BCUT2D eigenvalue weighted by molar-refractivity contribution is 5.98. The van der Waals surface area contributed by atoms with Crippen molar-refractivity contribution in [3.63, 3.8) is 0 Å². The molecule has 0 unspecified atom stereocenters. The van der Waals surface area contributed by atoms with Crippen molar-refractivity contribution in [3.8, 4) is 0 Å². The number of hydrogen-bond donors (Lipinski definition) is 1. The maximum atomic E-state index is 12.6. The van der Waals surface area contributed by atoms with Gasteiger partial charge in [-0.15, -0.1) is 0 Å². The third-order valence-corrected chi connectivity index (χ3v) is 5.27. The largest absolute Gasteiger partial charge is 0.339 e. The van der Waals surface area contributed by atoms with Gasteiger partial charge in [-0.2, -0.15) is 0 Å². The van der Waals surface area contributed by atoms with Crippen LogP contribution in [0.15, 0.2) is 18.2 Å². The molecule has 23 heavy (non-hydrogen) atoms. The van der Waals surface area contributed by atoms with E-state index in [1.165, 1.54) is 19.3 Å². The van der Waals surface area contributed by atoms with Gasteiger partial charge in [0.25, 0.3) is 0 Å². The summed E-state index contributed by atoms with van der Waals surface area (Å²) in [5.74, 6) is -0.0870. The number of amides is 2. The normalized spacial score (nSPS) is 22.4. The summed E-state index contributed by atoms with van der Waals surface area (Å²) in [6, 6.07) is 6.34. The van der Waals surface area contributed by atoms with Crippen LogP contribution in [0.1, 0.15) is 49.7 Å². The van der Waals surface area contributed by atoms with Gasteiger partial charge < -0.3 is 10.2 Å². The molecule has 1 heterocycles. The van der Waals surface area contributed by atoms with E-state index in [1.807, 2.05) is 36.9 Å². The van der Waals surface area contributed by atoms with E-state index >= 15 is 0 Å². The van der Waals surface area contributed by atoms with Gasteiger partial charge in [-0.25, -0.2) is 0 Å². The lowest BCUT2D eigenvalue weighted by Gasteiger charge is -2.31. The number of anilines is 1. The Labute approximate surface area is 138 Å². The van der Waals surface area contributed by atoms with E-state index in [9.17, 15) is 9.59 Å². The molecule has 2 fully saturated rings. The molecule has 124 valence electrons. The molecular formula is C19H26N2O2. The molecule has 1 N–H and O–H groups in total. The van der Waals surface area contributed by atoms with Gasteiger partial charge in [0.2, 0.25) is 11.8 Å². The summed E-state index contributed by atoms with van der Waals surface area (Å²) in [5, 5.41) is 3.05. The summed E-state index contributed by atoms with van der Waals surface area (Å²) in [6.07, 6.45) is 6.22. The van der Waals surface area contributed by atoms with E-state index in [0.717, 1.165) is 29.7 Å². The molecule has 4 nitrogen and oxygen atoms in total. The molecule has 2 amide bonds. The molecule has 1 aliphatic heterocycles. The second-order valence-electron chi connectivity index (χ2n) is 7.00. The van der Waals surface area contributed by atoms with Crippen molar-refractivity contribution in [2.24, 2.45) is 5.92 Å². The summed E-state index contributed by atoms with van der Waals surface area (Å²) in [6.45, 7) is 4.58. The first kappa shape index (κ1) is 16.0. The van der Waals surface area contributed by atoms with E-state index < -0.39 is 0 Å². The molecule has 1 aromatic rings. The van der Waals surface area contributed by atoms with Crippen LogP contribution in [-0.4, -0.2) is 29.3 Å².